The van der Waals surface area contributed by atoms with E-state index in [1.807, 2.05) is 30.3 Å². The summed E-state index contributed by atoms with van der Waals surface area (Å²) in [5, 5.41) is 3.49. The Morgan fingerprint density at radius 2 is 1.52 bits per heavy atom. The normalized spacial score (nSPS) is 13.5. The van der Waals surface area contributed by atoms with Gasteiger partial charge >= 0.3 is 0 Å². The van der Waals surface area contributed by atoms with Crippen LogP contribution in [0.5, 0.6) is 11.5 Å². The lowest BCUT2D eigenvalue weighted by molar-refractivity contribution is 0.203. The average molecular weight is 285 g/mol. The summed E-state index contributed by atoms with van der Waals surface area (Å²) in [6.07, 6.45) is 0.0625. The molecule has 0 saturated carbocycles. The Morgan fingerprint density at radius 3 is 2.19 bits per heavy atom. The van der Waals surface area contributed by atoms with Crippen LogP contribution in [0.25, 0.3) is 0 Å². The molecule has 0 aromatic heterocycles. The summed E-state index contributed by atoms with van der Waals surface area (Å²) in [5.74, 6) is 1.54. The van der Waals surface area contributed by atoms with Gasteiger partial charge in [-0.1, -0.05) is 42.5 Å². The first-order chi connectivity index (χ1) is 10.2. The van der Waals surface area contributed by atoms with Crippen LogP contribution in [0.2, 0.25) is 0 Å². The van der Waals surface area contributed by atoms with E-state index in [1.54, 1.807) is 7.11 Å². The zero-order valence-corrected chi connectivity index (χ0v) is 12.9. The highest BCUT2D eigenvalue weighted by Gasteiger charge is 2.10. The highest BCUT2D eigenvalue weighted by Crippen LogP contribution is 2.26. The van der Waals surface area contributed by atoms with Crippen molar-refractivity contribution in [1.82, 2.24) is 5.32 Å². The first-order valence-electron chi connectivity index (χ1n) is 7.28. The van der Waals surface area contributed by atoms with Crippen LogP contribution in [0.3, 0.4) is 0 Å². The summed E-state index contributed by atoms with van der Waals surface area (Å²) in [7, 11) is 1.66. The minimum Gasteiger partial charge on any atom is -0.493 e. The van der Waals surface area contributed by atoms with Gasteiger partial charge in [0.25, 0.3) is 0 Å². The lowest BCUT2D eigenvalue weighted by Crippen LogP contribution is -2.31. The molecule has 0 spiro atoms. The smallest absolute Gasteiger partial charge is 0.161 e. The molecule has 21 heavy (non-hydrogen) atoms. The fourth-order valence-corrected chi connectivity index (χ4v) is 2.18. The molecule has 2 atom stereocenters. The van der Waals surface area contributed by atoms with Gasteiger partial charge < -0.3 is 14.8 Å². The third-order valence-corrected chi connectivity index (χ3v) is 3.41. The zero-order valence-electron chi connectivity index (χ0n) is 12.9. The molecule has 0 bridgehead atoms. The standard InChI is InChI=1S/C18H23NO2/c1-14(21-18-12-8-7-11-17(18)20-3)13-19-15(2)16-9-5-4-6-10-16/h4-12,14-15,19H,13H2,1-3H3/t14-,15-/m1/s1. The predicted molar refractivity (Wildman–Crippen MR) is 85.9 cm³/mol. The molecule has 2 aromatic carbocycles. The monoisotopic (exact) mass is 285 g/mol. The number of ether oxygens (including phenoxy) is 2. The van der Waals surface area contributed by atoms with E-state index in [-0.39, 0.29) is 6.10 Å². The van der Waals surface area contributed by atoms with E-state index in [9.17, 15) is 0 Å². The van der Waals surface area contributed by atoms with Crippen molar-refractivity contribution in [3.63, 3.8) is 0 Å². The van der Waals surface area contributed by atoms with Crippen molar-refractivity contribution in [2.75, 3.05) is 13.7 Å². The summed E-state index contributed by atoms with van der Waals surface area (Å²) < 4.78 is 11.2. The largest absolute Gasteiger partial charge is 0.493 e. The first kappa shape index (κ1) is 15.4. The maximum absolute atomic E-state index is 5.94. The Hall–Kier alpha value is -2.00. The van der Waals surface area contributed by atoms with E-state index in [0.717, 1.165) is 18.0 Å². The Kier molecular flexibility index (Phi) is 5.64. The third-order valence-electron chi connectivity index (χ3n) is 3.41. The summed E-state index contributed by atoms with van der Waals surface area (Å²) in [6.45, 7) is 4.98. The molecule has 0 aliphatic heterocycles. The van der Waals surface area contributed by atoms with Gasteiger partial charge in [-0.3, -0.25) is 0 Å². The van der Waals surface area contributed by atoms with Crippen molar-refractivity contribution in [1.29, 1.82) is 0 Å². The Labute approximate surface area is 126 Å². The molecule has 0 radical (unpaired) electrons. The molecule has 1 N–H and O–H groups in total. The SMILES string of the molecule is COc1ccccc1O[C@H](C)CN[C@H](C)c1ccccc1. The molecule has 2 rings (SSSR count). The second-order valence-electron chi connectivity index (χ2n) is 5.12. The second-order valence-corrected chi connectivity index (χ2v) is 5.12. The van der Waals surface area contributed by atoms with E-state index in [2.05, 4.69) is 43.4 Å². The van der Waals surface area contributed by atoms with Crippen LogP contribution in [-0.2, 0) is 0 Å². The van der Waals surface area contributed by atoms with Crippen molar-refractivity contribution in [3.8, 4) is 11.5 Å². The summed E-state index contributed by atoms with van der Waals surface area (Å²) in [6, 6.07) is 18.4. The topological polar surface area (TPSA) is 30.5 Å². The van der Waals surface area contributed by atoms with E-state index < -0.39 is 0 Å². The number of methoxy groups -OCH3 is 1. The van der Waals surface area contributed by atoms with Crippen molar-refractivity contribution in [3.05, 3.63) is 60.2 Å². The van der Waals surface area contributed by atoms with Crippen LogP contribution in [0.1, 0.15) is 25.5 Å². The molecule has 0 heterocycles. The highest BCUT2D eigenvalue weighted by molar-refractivity contribution is 5.39. The molecular weight excluding hydrogens is 262 g/mol. The fourth-order valence-electron chi connectivity index (χ4n) is 2.18. The van der Waals surface area contributed by atoms with Crippen LogP contribution >= 0.6 is 0 Å². The lowest BCUT2D eigenvalue weighted by Gasteiger charge is -2.20. The van der Waals surface area contributed by atoms with Gasteiger partial charge in [0.2, 0.25) is 0 Å². The van der Waals surface area contributed by atoms with Crippen molar-refractivity contribution >= 4 is 0 Å². The molecule has 0 unspecified atom stereocenters. The lowest BCUT2D eigenvalue weighted by atomic mass is 10.1. The molecule has 2 aromatic rings. The molecule has 3 heteroatoms. The van der Waals surface area contributed by atoms with Crippen molar-refractivity contribution < 1.29 is 9.47 Å². The van der Waals surface area contributed by atoms with E-state index in [4.69, 9.17) is 9.47 Å². The highest BCUT2D eigenvalue weighted by atomic mass is 16.5. The molecule has 0 amide bonds. The van der Waals surface area contributed by atoms with Gasteiger partial charge in [0, 0.05) is 12.6 Å². The maximum atomic E-state index is 5.94. The van der Waals surface area contributed by atoms with Crippen molar-refractivity contribution in [2.45, 2.75) is 26.0 Å². The number of hydrogen-bond acceptors (Lipinski definition) is 3. The Morgan fingerprint density at radius 1 is 0.905 bits per heavy atom. The minimum absolute atomic E-state index is 0.0625. The number of para-hydroxylation sites is 2. The van der Waals surface area contributed by atoms with Gasteiger partial charge in [0.15, 0.2) is 11.5 Å². The van der Waals surface area contributed by atoms with Gasteiger partial charge in [0.1, 0.15) is 6.10 Å². The summed E-state index contributed by atoms with van der Waals surface area (Å²) >= 11 is 0. The average Bonchev–Trinajstić information content (AvgIpc) is 2.54. The van der Waals surface area contributed by atoms with Crippen LogP contribution in [0.4, 0.5) is 0 Å². The molecule has 0 aliphatic rings. The summed E-state index contributed by atoms with van der Waals surface area (Å²) in [5.41, 5.74) is 1.28. The van der Waals surface area contributed by atoms with Gasteiger partial charge in [-0.15, -0.1) is 0 Å². The molecule has 0 aliphatic carbocycles. The van der Waals surface area contributed by atoms with E-state index in [1.165, 1.54) is 5.56 Å². The Bertz CT molecular complexity index is 542. The predicted octanol–water partition coefficient (Wildman–Crippen LogP) is 3.81. The van der Waals surface area contributed by atoms with Crippen LogP contribution < -0.4 is 14.8 Å². The first-order valence-corrected chi connectivity index (χ1v) is 7.28. The van der Waals surface area contributed by atoms with Crippen LogP contribution in [0.15, 0.2) is 54.6 Å². The molecular formula is C18H23NO2. The number of benzene rings is 2. The molecule has 0 fully saturated rings. The number of nitrogens with one attached hydrogen (secondary N) is 1. The van der Waals surface area contributed by atoms with Gasteiger partial charge in [0.05, 0.1) is 7.11 Å². The van der Waals surface area contributed by atoms with E-state index >= 15 is 0 Å². The Balaban J connectivity index is 1.86. The minimum atomic E-state index is 0.0625. The maximum Gasteiger partial charge on any atom is 0.161 e. The van der Waals surface area contributed by atoms with Crippen LogP contribution in [-0.4, -0.2) is 19.8 Å². The number of rotatable bonds is 7. The molecule has 3 nitrogen and oxygen atoms in total. The molecule has 0 saturated heterocycles. The van der Waals surface area contributed by atoms with E-state index in [0.29, 0.717) is 6.04 Å². The third kappa shape index (κ3) is 4.50. The zero-order chi connectivity index (χ0) is 15.1. The summed E-state index contributed by atoms with van der Waals surface area (Å²) in [4.78, 5) is 0. The van der Waals surface area contributed by atoms with Gasteiger partial charge in [-0.05, 0) is 31.5 Å². The van der Waals surface area contributed by atoms with Gasteiger partial charge in [-0.25, -0.2) is 0 Å². The quantitative estimate of drug-likeness (QED) is 0.839. The van der Waals surface area contributed by atoms with Gasteiger partial charge in [-0.2, -0.15) is 0 Å². The van der Waals surface area contributed by atoms with Crippen LogP contribution in [0, 0.1) is 0 Å². The number of hydrogen-bond donors (Lipinski definition) is 1. The fraction of sp³-hybridized carbons (Fsp3) is 0.333. The second kappa shape index (κ2) is 7.70. The molecule has 112 valence electrons. The van der Waals surface area contributed by atoms with Crippen molar-refractivity contribution in [2.24, 2.45) is 0 Å².